The quantitative estimate of drug-likeness (QED) is 0.206. The number of amidine groups is 1. The van der Waals surface area contributed by atoms with Gasteiger partial charge in [0, 0.05) is 12.0 Å². The van der Waals surface area contributed by atoms with E-state index in [0.717, 1.165) is 35.2 Å². The number of aliphatic imine (C=N–C) groups is 1. The van der Waals surface area contributed by atoms with Crippen molar-refractivity contribution in [1.29, 1.82) is 0 Å². The van der Waals surface area contributed by atoms with Crippen molar-refractivity contribution in [1.82, 2.24) is 14.8 Å². The Morgan fingerprint density at radius 3 is 2.48 bits per heavy atom. The molecule has 216 valence electrons. The van der Waals surface area contributed by atoms with Gasteiger partial charge in [0.05, 0.1) is 17.1 Å². The Labute approximate surface area is 244 Å². The number of nitrogens with zero attached hydrogens (tertiary/aromatic N) is 5. The first-order chi connectivity index (χ1) is 20.2. The summed E-state index contributed by atoms with van der Waals surface area (Å²) in [6.07, 6.45) is -0.724. The second-order valence-electron chi connectivity index (χ2n) is 9.55. The molecule has 5 rings (SSSR count). The van der Waals surface area contributed by atoms with Gasteiger partial charge in [0.25, 0.3) is 0 Å². The van der Waals surface area contributed by atoms with Gasteiger partial charge in [-0.05, 0) is 67.6 Å². The summed E-state index contributed by atoms with van der Waals surface area (Å²) >= 11 is 1.28. The Morgan fingerprint density at radius 2 is 1.76 bits per heavy atom. The number of hydrogen-bond acceptors (Lipinski definition) is 6. The summed E-state index contributed by atoms with van der Waals surface area (Å²) in [5.41, 5.74) is 4.12. The first-order valence-corrected chi connectivity index (χ1v) is 14.1. The van der Waals surface area contributed by atoms with Gasteiger partial charge in [-0.2, -0.15) is 4.99 Å². The van der Waals surface area contributed by atoms with E-state index in [-0.39, 0.29) is 23.3 Å². The number of benzene rings is 3. The number of alkyl halides is 3. The van der Waals surface area contributed by atoms with Crippen LogP contribution in [0.3, 0.4) is 0 Å². The smallest absolute Gasteiger partial charge is 0.406 e. The maximum Gasteiger partial charge on any atom is 0.573 e. The number of unbranched alkanes of at least 4 members (excludes halogenated alkanes) is 1. The van der Waals surface area contributed by atoms with Gasteiger partial charge in [-0.15, -0.1) is 18.3 Å². The zero-order valence-corrected chi connectivity index (χ0v) is 23.4. The number of carbonyl (C=O) groups is 2. The molecule has 1 aliphatic heterocycles. The highest BCUT2D eigenvalue weighted by Crippen LogP contribution is 2.29. The van der Waals surface area contributed by atoms with Crippen molar-refractivity contribution in [3.8, 4) is 22.8 Å². The monoisotopic (exact) mass is 593 g/mol. The van der Waals surface area contributed by atoms with Crippen LogP contribution in [0.15, 0.2) is 84.1 Å². The van der Waals surface area contributed by atoms with Gasteiger partial charge >= 0.3 is 6.36 Å². The lowest BCUT2D eigenvalue weighted by molar-refractivity contribution is -0.274. The predicted octanol–water partition coefficient (Wildman–Crippen LogP) is 6.52. The third-order valence-corrected chi connectivity index (χ3v) is 7.41. The van der Waals surface area contributed by atoms with Crippen LogP contribution in [-0.4, -0.2) is 43.9 Å². The fourth-order valence-corrected chi connectivity index (χ4v) is 5.28. The number of amides is 2. The Balaban J connectivity index is 1.11. The van der Waals surface area contributed by atoms with E-state index in [2.05, 4.69) is 19.8 Å². The summed E-state index contributed by atoms with van der Waals surface area (Å²) in [6, 6.07) is 20.6. The van der Waals surface area contributed by atoms with Gasteiger partial charge in [-0.25, -0.2) is 9.67 Å². The Kier molecular flexibility index (Phi) is 8.72. The first-order valence-electron chi connectivity index (χ1n) is 13.2. The molecule has 12 heteroatoms. The number of halogens is 3. The fraction of sp³-hybridized carbons (Fsp3) is 0.233. The zero-order valence-electron chi connectivity index (χ0n) is 22.5. The van der Waals surface area contributed by atoms with Crippen LogP contribution >= 0.6 is 11.8 Å². The highest BCUT2D eigenvalue weighted by Gasteiger charge is 2.32. The largest absolute Gasteiger partial charge is 0.573 e. The summed E-state index contributed by atoms with van der Waals surface area (Å²) in [5.74, 6) is 0.101. The van der Waals surface area contributed by atoms with Crippen molar-refractivity contribution < 1.29 is 27.5 Å². The zero-order chi connectivity index (χ0) is 29.7. The Morgan fingerprint density at radius 1 is 1.02 bits per heavy atom. The summed E-state index contributed by atoms with van der Waals surface area (Å²) < 4.78 is 42.5. The van der Waals surface area contributed by atoms with Crippen LogP contribution in [0.25, 0.3) is 17.1 Å². The number of aromatic nitrogens is 3. The number of aryl methyl sites for hydroxylation is 2. The lowest BCUT2D eigenvalue weighted by atomic mass is 10.0. The molecule has 0 N–H and O–H groups in total. The van der Waals surface area contributed by atoms with Gasteiger partial charge in [0.1, 0.15) is 12.1 Å². The molecule has 0 unspecified atom stereocenters. The number of hydrogen-bond donors (Lipinski definition) is 0. The van der Waals surface area contributed by atoms with Gasteiger partial charge in [-0.1, -0.05) is 54.2 Å². The SMILES string of the molecule is Cc1ccccc1N1C(=O)CSC1=NC(=O)CCCCc1ccc(-c2ncn(-c3ccc(OC(F)(F)F)cc3)n2)cc1. The number of ether oxygens (including phenoxy) is 1. The molecule has 0 aliphatic carbocycles. The van der Waals surface area contributed by atoms with Gasteiger partial charge in [-0.3, -0.25) is 14.5 Å². The lowest BCUT2D eigenvalue weighted by Crippen LogP contribution is -2.30. The molecular formula is C30H26F3N5O3S. The van der Waals surface area contributed by atoms with Crippen molar-refractivity contribution in [2.45, 2.75) is 39.0 Å². The number of carbonyl (C=O) groups excluding carboxylic acids is 2. The number of rotatable bonds is 9. The molecule has 2 amide bonds. The second kappa shape index (κ2) is 12.6. The lowest BCUT2D eigenvalue weighted by Gasteiger charge is -2.18. The number of para-hydroxylation sites is 1. The molecule has 42 heavy (non-hydrogen) atoms. The van der Waals surface area contributed by atoms with Crippen LogP contribution in [0, 0.1) is 6.92 Å². The molecule has 1 fully saturated rings. The minimum absolute atomic E-state index is 0.0834. The van der Waals surface area contributed by atoms with Crippen LogP contribution in [0.4, 0.5) is 18.9 Å². The van der Waals surface area contributed by atoms with E-state index in [9.17, 15) is 22.8 Å². The van der Waals surface area contributed by atoms with Gasteiger partial charge < -0.3 is 4.74 Å². The van der Waals surface area contributed by atoms with E-state index in [1.807, 2.05) is 55.5 Å². The van der Waals surface area contributed by atoms with Crippen LogP contribution in [-0.2, 0) is 16.0 Å². The van der Waals surface area contributed by atoms with Gasteiger partial charge in [0.2, 0.25) is 11.8 Å². The molecule has 1 aromatic heterocycles. The average Bonchev–Trinajstić information content (AvgIpc) is 3.59. The van der Waals surface area contributed by atoms with Crippen LogP contribution < -0.4 is 9.64 Å². The molecular weight excluding hydrogens is 567 g/mol. The summed E-state index contributed by atoms with van der Waals surface area (Å²) in [4.78, 5) is 35.1. The topological polar surface area (TPSA) is 89.7 Å². The maximum absolute atomic E-state index is 12.6. The maximum atomic E-state index is 12.6. The molecule has 0 atom stereocenters. The second-order valence-corrected chi connectivity index (χ2v) is 10.5. The van der Waals surface area contributed by atoms with Gasteiger partial charge in [0.15, 0.2) is 11.0 Å². The minimum Gasteiger partial charge on any atom is -0.406 e. The highest BCUT2D eigenvalue weighted by atomic mass is 32.2. The van der Waals surface area contributed by atoms with Crippen molar-refractivity contribution in [2.75, 3.05) is 10.7 Å². The van der Waals surface area contributed by atoms with E-state index in [4.69, 9.17) is 0 Å². The van der Waals surface area contributed by atoms with Crippen LogP contribution in [0.2, 0.25) is 0 Å². The molecule has 0 radical (unpaired) electrons. The Bertz CT molecular complexity index is 1600. The molecule has 1 saturated heterocycles. The third-order valence-electron chi connectivity index (χ3n) is 6.49. The van der Waals surface area contributed by atoms with Crippen molar-refractivity contribution >= 4 is 34.4 Å². The highest BCUT2D eigenvalue weighted by molar-refractivity contribution is 8.15. The van der Waals surface area contributed by atoms with Crippen molar-refractivity contribution in [3.05, 3.63) is 90.3 Å². The molecule has 1 aliphatic rings. The van der Waals surface area contributed by atoms with Crippen LogP contribution in [0.1, 0.15) is 30.4 Å². The molecule has 0 bridgehead atoms. The van der Waals surface area contributed by atoms with E-state index in [1.54, 1.807) is 0 Å². The summed E-state index contributed by atoms with van der Waals surface area (Å²) in [7, 11) is 0. The molecule has 0 spiro atoms. The normalized spacial score (nSPS) is 14.5. The fourth-order valence-electron chi connectivity index (χ4n) is 4.40. The third kappa shape index (κ3) is 7.24. The standard InChI is InChI=1S/C30H26F3N5O3S/c1-20-6-2-4-8-25(20)38-27(40)18-42-29(38)35-26(39)9-5-3-7-21-10-12-22(13-11-21)28-34-19-37(36-28)23-14-16-24(17-15-23)41-30(31,32)33/h2,4,6,8,10-17,19H,3,5,7,9,18H2,1H3. The summed E-state index contributed by atoms with van der Waals surface area (Å²) in [6.45, 7) is 1.92. The Hall–Kier alpha value is -4.45. The molecule has 2 heterocycles. The molecule has 4 aromatic rings. The summed E-state index contributed by atoms with van der Waals surface area (Å²) in [5, 5.41) is 4.85. The molecule has 3 aromatic carbocycles. The first kappa shape index (κ1) is 29.1. The molecule has 0 saturated carbocycles. The van der Waals surface area contributed by atoms with E-state index in [0.29, 0.717) is 29.5 Å². The minimum atomic E-state index is -4.75. The predicted molar refractivity (Wildman–Crippen MR) is 155 cm³/mol. The van der Waals surface area contributed by atoms with Crippen molar-refractivity contribution in [3.63, 3.8) is 0 Å². The number of thioether (sulfide) groups is 1. The average molecular weight is 594 g/mol. The van der Waals surface area contributed by atoms with E-state index in [1.165, 1.54) is 51.9 Å². The molecule has 8 nitrogen and oxygen atoms in total. The van der Waals surface area contributed by atoms with Crippen LogP contribution in [0.5, 0.6) is 5.75 Å². The van der Waals surface area contributed by atoms with E-state index >= 15 is 0 Å². The number of anilines is 1. The van der Waals surface area contributed by atoms with Crippen molar-refractivity contribution in [2.24, 2.45) is 4.99 Å². The van der Waals surface area contributed by atoms with E-state index < -0.39 is 6.36 Å².